The number of aromatic nitrogens is 2. The van der Waals surface area contributed by atoms with Crippen molar-refractivity contribution in [2.24, 2.45) is 7.05 Å². The van der Waals surface area contributed by atoms with E-state index in [0.29, 0.717) is 0 Å². The Morgan fingerprint density at radius 3 is 2.74 bits per heavy atom. The summed E-state index contributed by atoms with van der Waals surface area (Å²) in [6.45, 7) is 2.97. The minimum absolute atomic E-state index is 0.0411. The second-order valence-electron chi connectivity index (χ2n) is 4.54. The molecule has 3 nitrogen and oxygen atoms in total. The van der Waals surface area contributed by atoms with Crippen LogP contribution in [-0.2, 0) is 7.05 Å². The third-order valence-corrected chi connectivity index (χ3v) is 3.33. The maximum atomic E-state index is 13.6. The van der Waals surface area contributed by atoms with Gasteiger partial charge in [0.1, 0.15) is 5.82 Å². The van der Waals surface area contributed by atoms with Gasteiger partial charge in [-0.3, -0.25) is 4.68 Å². The topological polar surface area (TPSA) is 29.9 Å². The fourth-order valence-electron chi connectivity index (χ4n) is 2.05. The van der Waals surface area contributed by atoms with Crippen LogP contribution in [0.15, 0.2) is 35.1 Å². The molecule has 1 unspecified atom stereocenters. The Bertz CT molecular complexity index is 533. The van der Waals surface area contributed by atoms with E-state index in [9.17, 15) is 4.39 Å². The first-order valence-corrected chi connectivity index (χ1v) is 7.07. The molecule has 0 aliphatic rings. The molecule has 1 atom stereocenters. The van der Waals surface area contributed by atoms with Crippen LogP contribution >= 0.6 is 15.9 Å². The standard InChI is InChI=1S/C14H17BrFN3/c1-3-4-17-14(11-8-18-19(2)9-11)10-5-12(15)7-13(16)6-10/h5-9,14,17H,3-4H2,1-2H3. The van der Waals surface area contributed by atoms with E-state index >= 15 is 0 Å². The number of rotatable bonds is 5. The molecule has 0 spiro atoms. The SMILES string of the molecule is CCCNC(c1cc(F)cc(Br)c1)c1cnn(C)c1. The van der Waals surface area contributed by atoms with Crippen LogP contribution in [0.2, 0.25) is 0 Å². The maximum absolute atomic E-state index is 13.6. The highest BCUT2D eigenvalue weighted by molar-refractivity contribution is 9.10. The zero-order valence-electron chi connectivity index (χ0n) is 11.0. The van der Waals surface area contributed by atoms with Gasteiger partial charge in [-0.15, -0.1) is 0 Å². The lowest BCUT2D eigenvalue weighted by atomic mass is 10.0. The van der Waals surface area contributed by atoms with Crippen molar-refractivity contribution in [2.75, 3.05) is 6.54 Å². The molecule has 1 aromatic heterocycles. The summed E-state index contributed by atoms with van der Waals surface area (Å²) in [4.78, 5) is 0. The van der Waals surface area contributed by atoms with Gasteiger partial charge in [0.25, 0.3) is 0 Å². The Kier molecular flexibility index (Phi) is 4.71. The van der Waals surface area contributed by atoms with E-state index in [-0.39, 0.29) is 11.9 Å². The summed E-state index contributed by atoms with van der Waals surface area (Å²) in [7, 11) is 1.88. The molecule has 0 saturated heterocycles. The van der Waals surface area contributed by atoms with Crippen molar-refractivity contribution in [3.63, 3.8) is 0 Å². The van der Waals surface area contributed by atoms with Crippen LogP contribution in [0.3, 0.4) is 0 Å². The highest BCUT2D eigenvalue weighted by atomic mass is 79.9. The molecule has 0 radical (unpaired) electrons. The van der Waals surface area contributed by atoms with Crippen molar-refractivity contribution < 1.29 is 4.39 Å². The Labute approximate surface area is 121 Å². The summed E-state index contributed by atoms with van der Waals surface area (Å²) < 4.78 is 16.1. The molecule has 0 fully saturated rings. The third-order valence-electron chi connectivity index (χ3n) is 2.87. The molecule has 2 rings (SSSR count). The molecule has 0 aliphatic heterocycles. The fourth-order valence-corrected chi connectivity index (χ4v) is 2.53. The van der Waals surface area contributed by atoms with Crippen LogP contribution in [0, 0.1) is 5.82 Å². The lowest BCUT2D eigenvalue weighted by molar-refractivity contribution is 0.584. The summed E-state index contributed by atoms with van der Waals surface area (Å²) in [5.41, 5.74) is 1.93. The van der Waals surface area contributed by atoms with E-state index in [1.807, 2.05) is 25.5 Å². The molecular formula is C14H17BrFN3. The first-order chi connectivity index (χ1) is 9.10. The molecule has 0 aliphatic carbocycles. The van der Waals surface area contributed by atoms with Gasteiger partial charge in [-0.1, -0.05) is 22.9 Å². The lowest BCUT2D eigenvalue weighted by Crippen LogP contribution is -2.23. The Morgan fingerprint density at radius 2 is 2.16 bits per heavy atom. The Hall–Kier alpha value is -1.20. The van der Waals surface area contributed by atoms with Crippen LogP contribution in [0.1, 0.15) is 30.5 Å². The average molecular weight is 326 g/mol. The van der Waals surface area contributed by atoms with Crippen molar-refractivity contribution in [3.05, 3.63) is 52.0 Å². The fraction of sp³-hybridized carbons (Fsp3) is 0.357. The molecule has 102 valence electrons. The van der Waals surface area contributed by atoms with Crippen molar-refractivity contribution in [3.8, 4) is 0 Å². The summed E-state index contributed by atoms with van der Waals surface area (Å²) >= 11 is 3.34. The zero-order valence-corrected chi connectivity index (χ0v) is 12.6. The predicted octanol–water partition coefficient (Wildman–Crippen LogP) is 3.41. The number of hydrogen-bond donors (Lipinski definition) is 1. The molecule has 0 amide bonds. The number of hydrogen-bond acceptors (Lipinski definition) is 2. The molecule has 19 heavy (non-hydrogen) atoms. The second-order valence-corrected chi connectivity index (χ2v) is 5.45. The van der Waals surface area contributed by atoms with Crippen LogP contribution in [0.4, 0.5) is 4.39 Å². The van der Waals surface area contributed by atoms with Gasteiger partial charge in [-0.2, -0.15) is 5.10 Å². The molecule has 0 bridgehead atoms. The van der Waals surface area contributed by atoms with Gasteiger partial charge in [0.05, 0.1) is 12.2 Å². The average Bonchev–Trinajstić information content (AvgIpc) is 2.75. The first-order valence-electron chi connectivity index (χ1n) is 6.28. The minimum Gasteiger partial charge on any atom is -0.306 e. The largest absolute Gasteiger partial charge is 0.306 e. The Morgan fingerprint density at radius 1 is 1.37 bits per heavy atom. The second kappa shape index (κ2) is 6.30. The number of halogens is 2. The van der Waals surface area contributed by atoms with Crippen LogP contribution < -0.4 is 5.32 Å². The van der Waals surface area contributed by atoms with E-state index < -0.39 is 0 Å². The molecule has 0 saturated carbocycles. The highest BCUT2D eigenvalue weighted by Crippen LogP contribution is 2.25. The third kappa shape index (κ3) is 3.64. The van der Waals surface area contributed by atoms with Gasteiger partial charge in [0, 0.05) is 23.3 Å². The number of aryl methyl sites for hydroxylation is 1. The van der Waals surface area contributed by atoms with Crippen LogP contribution in [-0.4, -0.2) is 16.3 Å². The normalized spacial score (nSPS) is 12.6. The summed E-state index contributed by atoms with van der Waals surface area (Å²) in [6.07, 6.45) is 4.78. The van der Waals surface area contributed by atoms with Gasteiger partial charge < -0.3 is 5.32 Å². The molecular weight excluding hydrogens is 309 g/mol. The van der Waals surface area contributed by atoms with Gasteiger partial charge in [-0.05, 0) is 36.7 Å². The Balaban J connectivity index is 2.36. The smallest absolute Gasteiger partial charge is 0.124 e. The number of nitrogens with zero attached hydrogens (tertiary/aromatic N) is 2. The van der Waals surface area contributed by atoms with Gasteiger partial charge in [0.2, 0.25) is 0 Å². The number of benzene rings is 1. The molecule has 1 aromatic carbocycles. The zero-order chi connectivity index (χ0) is 13.8. The van der Waals surface area contributed by atoms with E-state index in [4.69, 9.17) is 0 Å². The van der Waals surface area contributed by atoms with Crippen molar-refractivity contribution in [1.82, 2.24) is 15.1 Å². The minimum atomic E-state index is -0.239. The quantitative estimate of drug-likeness (QED) is 0.912. The van der Waals surface area contributed by atoms with Crippen molar-refractivity contribution in [1.29, 1.82) is 0 Å². The summed E-state index contributed by atoms with van der Waals surface area (Å²) in [5.74, 6) is -0.239. The maximum Gasteiger partial charge on any atom is 0.124 e. The molecule has 1 N–H and O–H groups in total. The van der Waals surface area contributed by atoms with E-state index in [1.54, 1.807) is 10.7 Å². The van der Waals surface area contributed by atoms with Crippen molar-refractivity contribution >= 4 is 15.9 Å². The van der Waals surface area contributed by atoms with Gasteiger partial charge >= 0.3 is 0 Å². The van der Waals surface area contributed by atoms with Gasteiger partial charge in [0.15, 0.2) is 0 Å². The van der Waals surface area contributed by atoms with Crippen LogP contribution in [0.25, 0.3) is 0 Å². The van der Waals surface area contributed by atoms with Gasteiger partial charge in [-0.25, -0.2) is 4.39 Å². The monoisotopic (exact) mass is 325 g/mol. The molecule has 5 heteroatoms. The predicted molar refractivity (Wildman–Crippen MR) is 77.4 cm³/mol. The molecule has 2 aromatic rings. The van der Waals surface area contributed by atoms with Crippen molar-refractivity contribution in [2.45, 2.75) is 19.4 Å². The van der Waals surface area contributed by atoms with Crippen LogP contribution in [0.5, 0.6) is 0 Å². The summed E-state index contributed by atoms with van der Waals surface area (Å²) in [5, 5.41) is 7.62. The van der Waals surface area contributed by atoms with E-state index in [1.165, 1.54) is 6.07 Å². The summed E-state index contributed by atoms with van der Waals surface area (Å²) in [6, 6.07) is 4.92. The van der Waals surface area contributed by atoms with E-state index in [0.717, 1.165) is 28.6 Å². The molecule has 1 heterocycles. The number of nitrogens with one attached hydrogen (secondary N) is 1. The van der Waals surface area contributed by atoms with E-state index in [2.05, 4.69) is 33.3 Å². The first kappa shape index (κ1) is 14.2. The highest BCUT2D eigenvalue weighted by Gasteiger charge is 2.16. The lowest BCUT2D eigenvalue weighted by Gasteiger charge is -2.18.